The summed E-state index contributed by atoms with van der Waals surface area (Å²) in [6, 6.07) is 7.51. The van der Waals surface area contributed by atoms with Crippen LogP contribution in [0.15, 0.2) is 34.2 Å². The first-order valence-corrected chi connectivity index (χ1v) is 11.5. The van der Waals surface area contributed by atoms with Gasteiger partial charge in [0.25, 0.3) is 10.0 Å². The first-order chi connectivity index (χ1) is 13.9. The standard InChI is InChI=1S/C21H29N3O4S/c1-4-18-19(16-7-5-15(2)6-8-16)29(26,27)23-20(18)24-12-9-17(10-13-24)21(25)22-11-14-28-3/h5-8,17H,4,9-14H2,1-3H3,(H,22,25). The molecule has 3 rings (SSSR count). The van der Waals surface area contributed by atoms with Crippen molar-refractivity contribution in [1.29, 1.82) is 0 Å². The minimum atomic E-state index is -3.72. The van der Waals surface area contributed by atoms with Crippen LogP contribution in [-0.4, -0.2) is 58.4 Å². The van der Waals surface area contributed by atoms with Crippen molar-refractivity contribution in [3.8, 4) is 0 Å². The molecule has 1 amide bonds. The third kappa shape index (κ3) is 4.70. The number of amides is 1. The molecule has 1 aromatic rings. The van der Waals surface area contributed by atoms with Crippen molar-refractivity contribution >= 4 is 26.7 Å². The van der Waals surface area contributed by atoms with Gasteiger partial charge in [0.05, 0.1) is 6.61 Å². The van der Waals surface area contributed by atoms with Gasteiger partial charge in [0.2, 0.25) is 5.91 Å². The summed E-state index contributed by atoms with van der Waals surface area (Å²) in [6.07, 6.45) is 1.93. The van der Waals surface area contributed by atoms with Crippen LogP contribution in [-0.2, 0) is 19.6 Å². The number of likely N-dealkylation sites (tertiary alicyclic amines) is 1. The molecule has 0 atom stereocenters. The fourth-order valence-electron chi connectivity index (χ4n) is 3.84. The van der Waals surface area contributed by atoms with Crippen LogP contribution in [0.3, 0.4) is 0 Å². The third-order valence-corrected chi connectivity index (χ3v) is 6.86. The van der Waals surface area contributed by atoms with Crippen LogP contribution in [0, 0.1) is 12.8 Å². The number of methoxy groups -OCH3 is 1. The molecule has 7 nitrogen and oxygen atoms in total. The number of aryl methyl sites for hydroxylation is 1. The Bertz CT molecular complexity index is 912. The average molecular weight is 420 g/mol. The molecule has 0 bridgehead atoms. The molecule has 1 aromatic carbocycles. The van der Waals surface area contributed by atoms with Gasteiger partial charge in [0.1, 0.15) is 10.7 Å². The molecule has 29 heavy (non-hydrogen) atoms. The van der Waals surface area contributed by atoms with E-state index >= 15 is 0 Å². The Labute approximate surface area is 172 Å². The fraction of sp³-hybridized carbons (Fsp3) is 0.524. The van der Waals surface area contributed by atoms with Gasteiger partial charge in [-0.15, -0.1) is 4.40 Å². The normalized spacial score (nSPS) is 19.4. The Morgan fingerprint density at radius 2 is 1.90 bits per heavy atom. The van der Waals surface area contributed by atoms with E-state index in [0.717, 1.165) is 11.1 Å². The van der Waals surface area contributed by atoms with E-state index in [4.69, 9.17) is 4.74 Å². The average Bonchev–Trinajstić information content (AvgIpc) is 2.99. The highest BCUT2D eigenvalue weighted by molar-refractivity contribution is 8.00. The van der Waals surface area contributed by atoms with Crippen molar-refractivity contribution in [2.75, 3.05) is 33.4 Å². The number of sulfonamides is 1. The number of hydrogen-bond acceptors (Lipinski definition) is 5. The molecular formula is C21H29N3O4S. The minimum Gasteiger partial charge on any atom is -0.383 e. The molecule has 1 fully saturated rings. The van der Waals surface area contributed by atoms with Gasteiger partial charge in [-0.25, -0.2) is 0 Å². The van der Waals surface area contributed by atoms with Gasteiger partial charge in [-0.1, -0.05) is 36.8 Å². The number of rotatable bonds is 6. The van der Waals surface area contributed by atoms with E-state index in [9.17, 15) is 13.2 Å². The Morgan fingerprint density at radius 3 is 2.48 bits per heavy atom. The van der Waals surface area contributed by atoms with Crippen molar-refractivity contribution in [2.45, 2.75) is 33.1 Å². The SMILES string of the molecule is CCC1=C(c2ccc(C)cc2)S(=O)(=O)N=C1N1CCC(C(=O)NCCOC)CC1. The molecule has 2 aliphatic heterocycles. The predicted octanol–water partition coefficient (Wildman–Crippen LogP) is 2.33. The van der Waals surface area contributed by atoms with Crippen LogP contribution in [0.5, 0.6) is 0 Å². The van der Waals surface area contributed by atoms with Gasteiger partial charge in [-0.05, 0) is 31.7 Å². The maximum Gasteiger partial charge on any atom is 0.285 e. The quantitative estimate of drug-likeness (QED) is 0.715. The summed E-state index contributed by atoms with van der Waals surface area (Å²) in [7, 11) is -2.12. The molecule has 0 radical (unpaired) electrons. The number of ether oxygens (including phenoxy) is 1. The Morgan fingerprint density at radius 1 is 1.24 bits per heavy atom. The van der Waals surface area contributed by atoms with Gasteiger partial charge < -0.3 is 15.0 Å². The molecule has 0 aliphatic carbocycles. The zero-order valence-corrected chi connectivity index (χ0v) is 18.1. The van der Waals surface area contributed by atoms with Crippen molar-refractivity contribution in [1.82, 2.24) is 10.2 Å². The summed E-state index contributed by atoms with van der Waals surface area (Å²) in [5.74, 6) is 0.517. The van der Waals surface area contributed by atoms with E-state index in [-0.39, 0.29) is 11.8 Å². The molecule has 158 valence electrons. The molecule has 0 aromatic heterocycles. The fourth-order valence-corrected chi connectivity index (χ4v) is 5.37. The zero-order valence-electron chi connectivity index (χ0n) is 17.3. The Kier molecular flexibility index (Phi) is 6.74. The lowest BCUT2D eigenvalue weighted by Gasteiger charge is -2.33. The van der Waals surface area contributed by atoms with Gasteiger partial charge in [0.15, 0.2) is 0 Å². The molecule has 2 heterocycles. The van der Waals surface area contributed by atoms with E-state index in [1.165, 1.54) is 0 Å². The summed E-state index contributed by atoms with van der Waals surface area (Å²) >= 11 is 0. The number of amidine groups is 1. The van der Waals surface area contributed by atoms with E-state index in [2.05, 4.69) is 9.71 Å². The molecule has 2 aliphatic rings. The van der Waals surface area contributed by atoms with Crippen LogP contribution >= 0.6 is 0 Å². The Balaban J connectivity index is 1.76. The van der Waals surface area contributed by atoms with Crippen molar-refractivity contribution in [3.63, 3.8) is 0 Å². The van der Waals surface area contributed by atoms with Crippen molar-refractivity contribution in [3.05, 3.63) is 41.0 Å². The summed E-state index contributed by atoms with van der Waals surface area (Å²) in [5.41, 5.74) is 2.52. The summed E-state index contributed by atoms with van der Waals surface area (Å²) < 4.78 is 34.8. The smallest absolute Gasteiger partial charge is 0.285 e. The van der Waals surface area contributed by atoms with Gasteiger partial charge in [0, 0.05) is 38.2 Å². The number of nitrogens with one attached hydrogen (secondary N) is 1. The number of nitrogens with zero attached hydrogens (tertiary/aromatic N) is 2. The lowest BCUT2D eigenvalue weighted by atomic mass is 9.95. The number of carbonyl (C=O) groups is 1. The zero-order chi connectivity index (χ0) is 21.0. The topological polar surface area (TPSA) is 88.1 Å². The highest BCUT2D eigenvalue weighted by Crippen LogP contribution is 2.36. The van der Waals surface area contributed by atoms with Gasteiger partial charge >= 0.3 is 0 Å². The summed E-state index contributed by atoms with van der Waals surface area (Å²) in [4.78, 5) is 14.6. The molecule has 0 unspecified atom stereocenters. The number of carbonyl (C=O) groups excluding carboxylic acids is 1. The first-order valence-electron chi connectivity index (χ1n) is 10.0. The predicted molar refractivity (Wildman–Crippen MR) is 114 cm³/mol. The van der Waals surface area contributed by atoms with E-state index < -0.39 is 10.0 Å². The van der Waals surface area contributed by atoms with E-state index in [1.54, 1.807) is 7.11 Å². The molecule has 8 heteroatoms. The van der Waals surface area contributed by atoms with Crippen LogP contribution < -0.4 is 5.32 Å². The Hall–Kier alpha value is -2.19. The second kappa shape index (κ2) is 9.09. The first kappa shape index (κ1) is 21.5. The van der Waals surface area contributed by atoms with Gasteiger partial charge in [-0.3, -0.25) is 4.79 Å². The van der Waals surface area contributed by atoms with Crippen molar-refractivity contribution in [2.24, 2.45) is 10.3 Å². The van der Waals surface area contributed by atoms with Crippen LogP contribution in [0.1, 0.15) is 37.3 Å². The maximum atomic E-state index is 12.8. The summed E-state index contributed by atoms with van der Waals surface area (Å²) in [5, 5.41) is 2.89. The second-order valence-electron chi connectivity index (χ2n) is 7.46. The summed E-state index contributed by atoms with van der Waals surface area (Å²) in [6.45, 7) is 6.15. The number of benzene rings is 1. The highest BCUT2D eigenvalue weighted by Gasteiger charge is 2.36. The van der Waals surface area contributed by atoms with Crippen LogP contribution in [0.25, 0.3) is 4.91 Å². The van der Waals surface area contributed by atoms with Crippen molar-refractivity contribution < 1.29 is 17.9 Å². The number of hydrogen-bond donors (Lipinski definition) is 1. The minimum absolute atomic E-state index is 0.0364. The van der Waals surface area contributed by atoms with E-state index in [0.29, 0.717) is 61.8 Å². The molecule has 1 N–H and O–H groups in total. The lowest BCUT2D eigenvalue weighted by Crippen LogP contribution is -2.43. The van der Waals surface area contributed by atoms with Crippen LogP contribution in [0.4, 0.5) is 0 Å². The van der Waals surface area contributed by atoms with Gasteiger partial charge in [-0.2, -0.15) is 8.42 Å². The molecule has 0 spiro atoms. The molecule has 1 saturated heterocycles. The second-order valence-corrected chi connectivity index (χ2v) is 9.00. The van der Waals surface area contributed by atoms with E-state index in [1.807, 2.05) is 43.0 Å². The molecule has 0 saturated carbocycles. The highest BCUT2D eigenvalue weighted by atomic mass is 32.2. The van der Waals surface area contributed by atoms with Crippen LogP contribution in [0.2, 0.25) is 0 Å². The lowest BCUT2D eigenvalue weighted by molar-refractivity contribution is -0.126. The number of piperidine rings is 1. The largest absolute Gasteiger partial charge is 0.383 e. The maximum absolute atomic E-state index is 12.8. The monoisotopic (exact) mass is 419 g/mol. The third-order valence-electron chi connectivity index (χ3n) is 5.45. The molecular weight excluding hydrogens is 390 g/mol.